The molecule has 1 amide bonds. The van der Waals surface area contributed by atoms with Gasteiger partial charge in [0.2, 0.25) is 16.5 Å². The van der Waals surface area contributed by atoms with Gasteiger partial charge in [0, 0.05) is 30.2 Å². The van der Waals surface area contributed by atoms with Crippen LogP contribution in [0.3, 0.4) is 0 Å². The zero-order valence-electron chi connectivity index (χ0n) is 16.7. The van der Waals surface area contributed by atoms with Gasteiger partial charge in [0.15, 0.2) is 5.75 Å². The Kier molecular flexibility index (Phi) is 6.32. The maximum atomic E-state index is 12.7. The summed E-state index contributed by atoms with van der Waals surface area (Å²) in [4.78, 5) is 24.9. The number of aromatic nitrogens is 5. The van der Waals surface area contributed by atoms with Crippen LogP contribution in [0.25, 0.3) is 0 Å². The Balaban J connectivity index is 1.82. The highest BCUT2D eigenvalue weighted by Crippen LogP contribution is 2.20. The second kappa shape index (κ2) is 8.91. The van der Waals surface area contributed by atoms with Gasteiger partial charge in [0.1, 0.15) is 6.54 Å². The quantitative estimate of drug-likeness (QED) is 0.589. The van der Waals surface area contributed by atoms with Crippen molar-refractivity contribution in [3.05, 3.63) is 57.5 Å². The Hall–Kier alpha value is -3.14. The highest BCUT2D eigenvalue weighted by atomic mass is 32.2. The van der Waals surface area contributed by atoms with E-state index in [4.69, 9.17) is 4.74 Å². The number of hydrogen-bond donors (Lipinski definition) is 1. The maximum Gasteiger partial charge on any atom is 0.244 e. The third-order valence-electron chi connectivity index (χ3n) is 4.31. The number of nitrogens with one attached hydrogen (secondary N) is 1. The van der Waals surface area contributed by atoms with Crippen LogP contribution in [-0.4, -0.2) is 37.8 Å². The Bertz CT molecular complexity index is 1090. The summed E-state index contributed by atoms with van der Waals surface area (Å²) in [5, 5.41) is 14.9. The first kappa shape index (κ1) is 20.6. The average Bonchev–Trinajstić information content (AvgIpc) is 3.09. The number of thioether (sulfide) groups is 1. The molecular formula is C19H22N6O3S. The van der Waals surface area contributed by atoms with E-state index in [1.54, 1.807) is 22.5 Å². The molecule has 0 saturated heterocycles. The van der Waals surface area contributed by atoms with Crippen LogP contribution in [0.2, 0.25) is 0 Å². The summed E-state index contributed by atoms with van der Waals surface area (Å²) < 4.78 is 8.39. The fourth-order valence-electron chi connectivity index (χ4n) is 2.72. The standard InChI is InChI=1S/C19H22N6O3S/c1-12-5-6-13(2)15(7-12)20-18(27)10-25-9-17(28-4)16(26)8-14(25)11-29-19-21-22-23-24(19)3/h5-9H,10-11H2,1-4H3,(H,20,27). The number of benzene rings is 1. The van der Waals surface area contributed by atoms with Crippen molar-refractivity contribution < 1.29 is 9.53 Å². The fourth-order valence-corrected chi connectivity index (χ4v) is 3.56. The third kappa shape index (κ3) is 5.02. The van der Waals surface area contributed by atoms with Gasteiger partial charge in [0.05, 0.1) is 13.3 Å². The molecule has 0 aliphatic heterocycles. The van der Waals surface area contributed by atoms with E-state index in [2.05, 4.69) is 20.8 Å². The normalized spacial score (nSPS) is 10.8. The summed E-state index contributed by atoms with van der Waals surface area (Å²) >= 11 is 1.37. The lowest BCUT2D eigenvalue weighted by Gasteiger charge is -2.15. The Morgan fingerprint density at radius 3 is 2.76 bits per heavy atom. The van der Waals surface area contributed by atoms with Crippen molar-refractivity contribution in [1.29, 1.82) is 0 Å². The molecule has 0 aliphatic carbocycles. The van der Waals surface area contributed by atoms with E-state index in [0.717, 1.165) is 16.8 Å². The molecule has 9 nitrogen and oxygen atoms in total. The van der Waals surface area contributed by atoms with Gasteiger partial charge in [-0.3, -0.25) is 9.59 Å². The molecule has 0 spiro atoms. The van der Waals surface area contributed by atoms with Gasteiger partial charge in [-0.1, -0.05) is 23.9 Å². The molecule has 0 radical (unpaired) electrons. The molecule has 29 heavy (non-hydrogen) atoms. The molecule has 2 aromatic heterocycles. The number of nitrogens with zero attached hydrogens (tertiary/aromatic N) is 5. The fraction of sp³-hybridized carbons (Fsp3) is 0.316. The molecule has 10 heteroatoms. The summed E-state index contributed by atoms with van der Waals surface area (Å²) in [7, 11) is 3.16. The van der Waals surface area contributed by atoms with Crippen LogP contribution in [0.5, 0.6) is 5.75 Å². The van der Waals surface area contributed by atoms with Crippen LogP contribution in [0.15, 0.2) is 40.4 Å². The monoisotopic (exact) mass is 414 g/mol. The van der Waals surface area contributed by atoms with Crippen LogP contribution < -0.4 is 15.5 Å². The predicted molar refractivity (Wildman–Crippen MR) is 110 cm³/mol. The van der Waals surface area contributed by atoms with Crippen LogP contribution >= 0.6 is 11.8 Å². The minimum Gasteiger partial charge on any atom is -0.491 e. The molecule has 0 aliphatic rings. The summed E-state index contributed by atoms with van der Waals surface area (Å²) in [6.07, 6.45) is 1.55. The van der Waals surface area contributed by atoms with Gasteiger partial charge in [0.25, 0.3) is 0 Å². The number of carbonyl (C=O) groups excluding carboxylic acids is 1. The lowest BCUT2D eigenvalue weighted by atomic mass is 10.1. The van der Waals surface area contributed by atoms with Crippen LogP contribution in [0, 0.1) is 13.8 Å². The minimum absolute atomic E-state index is 0.0387. The van der Waals surface area contributed by atoms with Crippen LogP contribution in [0.1, 0.15) is 16.8 Å². The van der Waals surface area contributed by atoms with Gasteiger partial charge in [-0.15, -0.1) is 5.10 Å². The second-order valence-electron chi connectivity index (χ2n) is 6.57. The number of amides is 1. The number of anilines is 1. The topological polar surface area (TPSA) is 104 Å². The summed E-state index contributed by atoms with van der Waals surface area (Å²) in [5.41, 5.74) is 3.23. The van der Waals surface area contributed by atoms with Crippen molar-refractivity contribution in [2.24, 2.45) is 7.05 Å². The van der Waals surface area contributed by atoms with Crippen LogP contribution in [-0.2, 0) is 24.1 Å². The molecule has 1 aromatic carbocycles. The molecule has 3 aromatic rings. The van der Waals surface area contributed by atoms with E-state index in [-0.39, 0.29) is 23.6 Å². The van der Waals surface area contributed by atoms with E-state index >= 15 is 0 Å². The Morgan fingerprint density at radius 2 is 2.07 bits per heavy atom. The molecule has 152 valence electrons. The Morgan fingerprint density at radius 1 is 1.28 bits per heavy atom. The van der Waals surface area contributed by atoms with Gasteiger partial charge in [-0.2, -0.15) is 0 Å². The molecule has 0 atom stereocenters. The number of aryl methyl sites for hydroxylation is 3. The van der Waals surface area contributed by atoms with Crippen molar-refractivity contribution in [1.82, 2.24) is 24.8 Å². The van der Waals surface area contributed by atoms with Crippen molar-refractivity contribution in [2.45, 2.75) is 31.3 Å². The SMILES string of the molecule is COc1cn(CC(=O)Nc2cc(C)ccc2C)c(CSc2nnnn2C)cc1=O. The van der Waals surface area contributed by atoms with Gasteiger partial charge >= 0.3 is 0 Å². The molecule has 2 heterocycles. The number of pyridine rings is 1. The van der Waals surface area contributed by atoms with Gasteiger partial charge < -0.3 is 14.6 Å². The zero-order chi connectivity index (χ0) is 21.0. The lowest BCUT2D eigenvalue weighted by Crippen LogP contribution is -2.23. The summed E-state index contributed by atoms with van der Waals surface area (Å²) in [6.45, 7) is 3.95. The van der Waals surface area contributed by atoms with E-state index in [9.17, 15) is 9.59 Å². The Labute approximate surface area is 172 Å². The second-order valence-corrected chi connectivity index (χ2v) is 7.51. The van der Waals surface area contributed by atoms with E-state index in [1.165, 1.54) is 24.9 Å². The maximum absolute atomic E-state index is 12.7. The first-order valence-electron chi connectivity index (χ1n) is 8.87. The van der Waals surface area contributed by atoms with Crippen LogP contribution in [0.4, 0.5) is 5.69 Å². The molecule has 0 unspecified atom stereocenters. The molecule has 0 bridgehead atoms. The van der Waals surface area contributed by atoms with E-state index < -0.39 is 0 Å². The van der Waals surface area contributed by atoms with Gasteiger partial charge in [-0.05, 0) is 41.5 Å². The molecular weight excluding hydrogens is 392 g/mol. The zero-order valence-corrected chi connectivity index (χ0v) is 17.5. The number of methoxy groups -OCH3 is 1. The third-order valence-corrected chi connectivity index (χ3v) is 5.36. The smallest absolute Gasteiger partial charge is 0.244 e. The predicted octanol–water partition coefficient (Wildman–Crippen LogP) is 1.93. The van der Waals surface area contributed by atoms with Crippen molar-refractivity contribution in [2.75, 3.05) is 12.4 Å². The largest absolute Gasteiger partial charge is 0.491 e. The van der Waals surface area contributed by atoms with E-state index in [1.807, 2.05) is 32.0 Å². The number of carbonyl (C=O) groups is 1. The highest BCUT2D eigenvalue weighted by Gasteiger charge is 2.13. The molecule has 3 rings (SSSR count). The lowest BCUT2D eigenvalue weighted by molar-refractivity contribution is -0.116. The van der Waals surface area contributed by atoms with Crippen molar-refractivity contribution >= 4 is 23.4 Å². The van der Waals surface area contributed by atoms with E-state index in [0.29, 0.717) is 16.6 Å². The minimum atomic E-state index is -0.245. The number of rotatable bonds is 7. The average molecular weight is 414 g/mol. The van der Waals surface area contributed by atoms with Crippen molar-refractivity contribution in [3.63, 3.8) is 0 Å². The molecule has 0 fully saturated rings. The van der Waals surface area contributed by atoms with Crippen molar-refractivity contribution in [3.8, 4) is 5.75 Å². The highest BCUT2D eigenvalue weighted by molar-refractivity contribution is 7.98. The first-order chi connectivity index (χ1) is 13.9. The first-order valence-corrected chi connectivity index (χ1v) is 9.85. The number of tetrazole rings is 1. The number of ether oxygens (including phenoxy) is 1. The number of hydrogen-bond acceptors (Lipinski definition) is 7. The molecule has 1 N–H and O–H groups in total. The summed E-state index contributed by atoms with van der Waals surface area (Å²) in [6, 6.07) is 7.36. The summed E-state index contributed by atoms with van der Waals surface area (Å²) in [5.74, 6) is 0.402. The van der Waals surface area contributed by atoms with Gasteiger partial charge in [-0.25, -0.2) is 4.68 Å². The molecule has 0 saturated carbocycles.